The van der Waals surface area contributed by atoms with E-state index in [9.17, 15) is 19.0 Å². The number of rotatable bonds is 49. The van der Waals surface area contributed by atoms with Crippen LogP contribution in [0.25, 0.3) is 0 Å². The highest BCUT2D eigenvalue weighted by atomic mass is 31.2. The van der Waals surface area contributed by atoms with Gasteiger partial charge in [0.15, 0.2) is 0 Å². The van der Waals surface area contributed by atoms with Crippen molar-refractivity contribution in [1.29, 1.82) is 0 Å². The Labute approximate surface area is 419 Å². The monoisotopic (exact) mass is 974 g/mol. The number of allylic oxidation sites excluding steroid dienone is 11. The zero-order chi connectivity index (χ0) is 50.1. The Bertz CT molecular complexity index is 1400. The number of phosphoric acid groups is 1. The number of esters is 1. The lowest BCUT2D eigenvalue weighted by atomic mass is 10.1. The first-order valence-electron chi connectivity index (χ1n) is 27.8. The summed E-state index contributed by atoms with van der Waals surface area (Å²) in [5, 5.41) is 3.02. The number of quaternary nitrogens is 1. The molecule has 3 atom stereocenters. The van der Waals surface area contributed by atoms with Crippen LogP contribution in [0.1, 0.15) is 233 Å². The summed E-state index contributed by atoms with van der Waals surface area (Å²) in [6.07, 6.45) is 60.4. The van der Waals surface area contributed by atoms with Crippen LogP contribution in [0.2, 0.25) is 0 Å². The van der Waals surface area contributed by atoms with Gasteiger partial charge in [0, 0.05) is 12.8 Å². The molecule has 0 spiro atoms. The number of likely N-dealkylation sites (N-methyl/N-ethyl adjacent to an activating group) is 1. The lowest BCUT2D eigenvalue weighted by molar-refractivity contribution is -0.870. The van der Waals surface area contributed by atoms with E-state index < -0.39 is 20.0 Å². The maximum atomic E-state index is 13.5. The summed E-state index contributed by atoms with van der Waals surface area (Å²) in [4.78, 5) is 37.5. The van der Waals surface area contributed by atoms with Gasteiger partial charge in [-0.05, 0) is 76.7 Å². The molecule has 0 fully saturated rings. The molecule has 0 saturated heterocycles. The van der Waals surface area contributed by atoms with Gasteiger partial charge in [-0.15, -0.1) is 0 Å². The van der Waals surface area contributed by atoms with Crippen molar-refractivity contribution in [3.05, 3.63) is 72.9 Å². The molecule has 0 aliphatic rings. The van der Waals surface area contributed by atoms with E-state index in [4.69, 9.17) is 13.8 Å². The van der Waals surface area contributed by atoms with E-state index in [1.165, 1.54) is 109 Å². The molecule has 3 unspecified atom stereocenters. The van der Waals surface area contributed by atoms with Crippen molar-refractivity contribution in [2.24, 2.45) is 0 Å². The summed E-state index contributed by atoms with van der Waals surface area (Å²) in [7, 11) is 1.46. The Morgan fingerprint density at radius 3 is 1.43 bits per heavy atom. The first-order chi connectivity index (χ1) is 32.9. The Kier molecular flexibility index (Phi) is 46.3. The summed E-state index contributed by atoms with van der Waals surface area (Å²) in [6.45, 7) is 6.83. The van der Waals surface area contributed by atoms with E-state index in [-0.39, 0.29) is 31.5 Å². The molecule has 0 aromatic rings. The molecule has 0 aromatic heterocycles. The number of phosphoric ester groups is 1. The summed E-state index contributed by atoms with van der Waals surface area (Å²) in [5.41, 5.74) is 0. The van der Waals surface area contributed by atoms with E-state index in [0.717, 1.165) is 83.5 Å². The van der Waals surface area contributed by atoms with Gasteiger partial charge in [0.1, 0.15) is 19.3 Å². The number of carbonyl (C=O) groups excluding carboxylic acids is 2. The molecule has 0 saturated carbocycles. The van der Waals surface area contributed by atoms with Crippen LogP contribution >= 0.6 is 7.82 Å². The topological polar surface area (TPSA) is 111 Å². The quantitative estimate of drug-likeness (QED) is 0.0156. The fourth-order valence-electron chi connectivity index (χ4n) is 7.64. The van der Waals surface area contributed by atoms with Crippen molar-refractivity contribution < 1.29 is 37.3 Å². The minimum absolute atomic E-state index is 0.0304. The summed E-state index contributed by atoms with van der Waals surface area (Å²) >= 11 is 0. The standard InChI is InChI=1S/C58H105N2O7P/c1-7-10-13-16-19-22-25-27-29-31-32-35-38-41-44-47-50-57(61)59-55(54-66-68(63,64)65-53-52-60(4,5)6)56(49-46-43-40-37-34-24-21-18-15-12-9-3)67-58(62)51-48-45-42-39-36-33-30-28-26-23-20-17-14-11-8-2/h11,14,17,20,23,26,29,31-32,35,46,49,55-56H,7-10,12-13,15-16,18-19,21-22,24-25,27-28,30,33-34,36-45,47-48,50-54H2,1-6H3,(H-,59,61,63,64)/p+1/b14-11+,20-17+,26-23+,31-29+,35-32+,49-46+. The second-order valence-corrected chi connectivity index (χ2v) is 21.3. The molecule has 68 heavy (non-hydrogen) atoms. The summed E-state index contributed by atoms with van der Waals surface area (Å²) in [6, 6.07) is -0.868. The zero-order valence-corrected chi connectivity index (χ0v) is 45.7. The van der Waals surface area contributed by atoms with Crippen molar-refractivity contribution >= 4 is 19.7 Å². The highest BCUT2D eigenvalue weighted by molar-refractivity contribution is 7.47. The number of nitrogens with zero attached hydrogens (tertiary/aromatic N) is 1. The van der Waals surface area contributed by atoms with Crippen molar-refractivity contribution in [1.82, 2.24) is 5.32 Å². The van der Waals surface area contributed by atoms with Gasteiger partial charge < -0.3 is 19.4 Å². The predicted molar refractivity (Wildman–Crippen MR) is 291 cm³/mol. The van der Waals surface area contributed by atoms with Gasteiger partial charge in [-0.1, -0.05) is 216 Å². The fourth-order valence-corrected chi connectivity index (χ4v) is 8.37. The van der Waals surface area contributed by atoms with Gasteiger partial charge in [0.25, 0.3) is 0 Å². The molecule has 0 aliphatic carbocycles. The normalized spacial score (nSPS) is 14.4. The Morgan fingerprint density at radius 1 is 0.529 bits per heavy atom. The van der Waals surface area contributed by atoms with Crippen LogP contribution in [0.15, 0.2) is 72.9 Å². The molecule has 10 heteroatoms. The van der Waals surface area contributed by atoms with Gasteiger partial charge in [0.05, 0.1) is 33.8 Å². The molecular formula is C58H106N2O7P+. The van der Waals surface area contributed by atoms with Crippen LogP contribution in [0.4, 0.5) is 0 Å². The number of carbonyl (C=O) groups is 2. The van der Waals surface area contributed by atoms with Crippen LogP contribution < -0.4 is 5.32 Å². The molecule has 0 aromatic carbocycles. The first kappa shape index (κ1) is 65.5. The smallest absolute Gasteiger partial charge is 0.456 e. The van der Waals surface area contributed by atoms with Crippen LogP contribution in [-0.2, 0) is 27.9 Å². The van der Waals surface area contributed by atoms with Crippen LogP contribution in [0.3, 0.4) is 0 Å². The minimum Gasteiger partial charge on any atom is -0.456 e. The van der Waals surface area contributed by atoms with Gasteiger partial charge >= 0.3 is 13.8 Å². The molecule has 0 radical (unpaired) electrons. The molecule has 1 amide bonds. The van der Waals surface area contributed by atoms with Crippen molar-refractivity contribution in [3.8, 4) is 0 Å². The molecule has 0 aliphatic heterocycles. The second kappa shape index (κ2) is 48.1. The average Bonchev–Trinajstić information content (AvgIpc) is 3.29. The van der Waals surface area contributed by atoms with Crippen LogP contribution in [0, 0.1) is 0 Å². The molecule has 0 heterocycles. The zero-order valence-electron chi connectivity index (χ0n) is 44.8. The third kappa shape index (κ3) is 48.5. The number of unbranched alkanes of at least 4 members (excludes halogenated alkanes) is 26. The van der Waals surface area contributed by atoms with Gasteiger partial charge in [-0.3, -0.25) is 18.6 Å². The van der Waals surface area contributed by atoms with Gasteiger partial charge in [-0.2, -0.15) is 0 Å². The Hall–Kier alpha value is -2.55. The molecule has 394 valence electrons. The molecule has 2 N–H and O–H groups in total. The molecule has 9 nitrogen and oxygen atoms in total. The first-order valence-corrected chi connectivity index (χ1v) is 29.3. The number of ether oxygens (including phenoxy) is 1. The third-order valence-corrected chi connectivity index (χ3v) is 13.0. The van der Waals surface area contributed by atoms with E-state index in [1.807, 2.05) is 33.3 Å². The molecule has 0 rings (SSSR count). The van der Waals surface area contributed by atoms with Gasteiger partial charge in [0.2, 0.25) is 5.91 Å². The second-order valence-electron chi connectivity index (χ2n) is 19.8. The Morgan fingerprint density at radius 2 is 0.941 bits per heavy atom. The summed E-state index contributed by atoms with van der Waals surface area (Å²) < 4.78 is 30.5. The highest BCUT2D eigenvalue weighted by Crippen LogP contribution is 2.43. The molecule has 0 bridgehead atoms. The number of hydrogen-bond donors (Lipinski definition) is 2. The minimum atomic E-state index is -4.45. The SMILES string of the molecule is CC/C=C/C=C/C=C/CCCCCCCCCC(=O)OC(/C=C/CCCCCCCCCCC)C(COP(=O)(O)OCC[N+](C)(C)C)NC(=O)CCCCC/C=C/C=C/CCCCCCCCC. The third-order valence-electron chi connectivity index (χ3n) is 12.0. The fraction of sp³-hybridized carbons (Fsp3) is 0.759. The predicted octanol–water partition coefficient (Wildman–Crippen LogP) is 16.5. The van der Waals surface area contributed by atoms with E-state index in [0.29, 0.717) is 23.9 Å². The maximum absolute atomic E-state index is 13.5. The summed E-state index contributed by atoms with van der Waals surface area (Å²) in [5.74, 6) is -0.553. The van der Waals surface area contributed by atoms with E-state index in [1.54, 1.807) is 0 Å². The van der Waals surface area contributed by atoms with E-state index >= 15 is 0 Å². The lowest BCUT2D eigenvalue weighted by Gasteiger charge is -2.27. The van der Waals surface area contributed by atoms with Crippen molar-refractivity contribution in [2.75, 3.05) is 40.9 Å². The van der Waals surface area contributed by atoms with Crippen molar-refractivity contribution in [2.45, 2.75) is 245 Å². The number of hydrogen-bond acceptors (Lipinski definition) is 6. The molecular weight excluding hydrogens is 868 g/mol. The highest BCUT2D eigenvalue weighted by Gasteiger charge is 2.30. The van der Waals surface area contributed by atoms with Crippen molar-refractivity contribution in [3.63, 3.8) is 0 Å². The van der Waals surface area contributed by atoms with E-state index in [2.05, 4.69) is 86.8 Å². The number of nitrogens with one attached hydrogen (secondary N) is 1. The maximum Gasteiger partial charge on any atom is 0.472 e. The van der Waals surface area contributed by atoms with Gasteiger partial charge in [-0.25, -0.2) is 4.57 Å². The number of amides is 1. The Balaban J connectivity index is 5.42. The van der Waals surface area contributed by atoms with Crippen LogP contribution in [0.5, 0.6) is 0 Å². The van der Waals surface area contributed by atoms with Crippen LogP contribution in [-0.4, -0.2) is 74.3 Å². The largest absolute Gasteiger partial charge is 0.472 e. The average molecular weight is 974 g/mol. The lowest BCUT2D eigenvalue weighted by Crippen LogP contribution is -2.47.